The van der Waals surface area contributed by atoms with E-state index in [2.05, 4.69) is 50.3 Å². The number of hydrogen-bond acceptors (Lipinski definition) is 11. The Morgan fingerprint density at radius 2 is 0.905 bits per heavy atom. The maximum absolute atomic E-state index is 12.8. The third kappa shape index (κ3) is 32.6. The van der Waals surface area contributed by atoms with Crippen LogP contribution in [0.1, 0.15) is 200 Å². The molecule has 0 aromatic carbocycles. The maximum atomic E-state index is 12.8. The van der Waals surface area contributed by atoms with Crippen molar-refractivity contribution in [3.8, 4) is 0 Å². The van der Waals surface area contributed by atoms with E-state index in [0.717, 1.165) is 44.9 Å². The monoisotopic (exact) mass is 915 g/mol. The van der Waals surface area contributed by atoms with Crippen molar-refractivity contribution in [1.29, 1.82) is 0 Å². The number of hydrogen-bond donors (Lipinski definition) is 6. The van der Waals surface area contributed by atoms with E-state index in [-0.39, 0.29) is 13.0 Å². The molecule has 368 valence electrons. The molecule has 1 saturated carbocycles. The summed E-state index contributed by atoms with van der Waals surface area (Å²) in [5.74, 6) is -0.554. The van der Waals surface area contributed by atoms with Crippen LogP contribution < -0.4 is 0 Å². The molecule has 0 spiro atoms. The van der Waals surface area contributed by atoms with Crippen molar-refractivity contribution in [1.82, 2.24) is 0 Å². The fourth-order valence-corrected chi connectivity index (χ4v) is 8.52. The summed E-state index contributed by atoms with van der Waals surface area (Å²) in [4.78, 5) is 23.1. The van der Waals surface area contributed by atoms with Crippen LogP contribution in [-0.4, -0.2) is 98.9 Å². The Kier molecular flexibility index (Phi) is 38.2. The first-order valence-electron chi connectivity index (χ1n) is 25.0. The molecule has 0 bridgehead atoms. The van der Waals surface area contributed by atoms with Crippen LogP contribution in [-0.2, 0) is 27.9 Å². The standard InChI is InChI=1S/C50H91O12P/c1-3-5-7-9-11-13-15-17-18-19-20-21-22-23-24-25-26-28-30-32-34-36-38-40-59-41-43(42-60-63(57,58)62-50-48(55)46(53)45(52)47(54)49(50)56)61-44(51)39-37-35-33-31-29-27-16-14-12-10-8-6-4-2/h6,8,12,14,27,29,33,35,43,45-50,52-56H,3-5,7,9-11,13,15-26,28,30-32,34,36-42H2,1-2H3,(H,57,58)/b8-6-,14-12-,29-27-,35-33-. The van der Waals surface area contributed by atoms with Gasteiger partial charge >= 0.3 is 13.8 Å². The van der Waals surface area contributed by atoms with E-state index in [1.165, 1.54) is 128 Å². The highest BCUT2D eigenvalue weighted by atomic mass is 31.2. The molecular weight excluding hydrogens is 824 g/mol. The minimum atomic E-state index is -5.04. The van der Waals surface area contributed by atoms with E-state index in [4.69, 9.17) is 18.5 Å². The molecule has 1 fully saturated rings. The molecule has 1 aliphatic rings. The number of allylic oxidation sites excluding steroid dienone is 8. The molecule has 1 rings (SSSR count). The van der Waals surface area contributed by atoms with Crippen LogP contribution in [0.15, 0.2) is 48.6 Å². The zero-order valence-electron chi connectivity index (χ0n) is 39.4. The Labute approximate surface area is 382 Å². The normalized spacial score (nSPS) is 22.2. The van der Waals surface area contributed by atoms with Gasteiger partial charge < -0.3 is 39.9 Å². The van der Waals surface area contributed by atoms with Gasteiger partial charge in [-0.1, -0.05) is 204 Å². The summed E-state index contributed by atoms with van der Waals surface area (Å²) in [6.45, 7) is 4.08. The second-order valence-corrected chi connectivity index (χ2v) is 18.7. The third-order valence-corrected chi connectivity index (χ3v) is 12.5. The number of carbonyl (C=O) groups is 1. The van der Waals surface area contributed by atoms with Gasteiger partial charge in [0.05, 0.1) is 13.2 Å². The molecule has 1 aliphatic carbocycles. The van der Waals surface area contributed by atoms with Gasteiger partial charge in [-0.2, -0.15) is 0 Å². The highest BCUT2D eigenvalue weighted by molar-refractivity contribution is 7.47. The van der Waals surface area contributed by atoms with Gasteiger partial charge in [0.25, 0.3) is 0 Å². The summed E-state index contributed by atoms with van der Waals surface area (Å²) in [6, 6.07) is 0. The van der Waals surface area contributed by atoms with Crippen molar-refractivity contribution in [2.45, 2.75) is 243 Å². The second-order valence-electron chi connectivity index (χ2n) is 17.3. The first kappa shape index (κ1) is 59.3. The first-order valence-corrected chi connectivity index (χ1v) is 26.5. The van der Waals surface area contributed by atoms with Gasteiger partial charge in [-0.25, -0.2) is 4.57 Å². The predicted molar refractivity (Wildman–Crippen MR) is 253 cm³/mol. The molecule has 12 nitrogen and oxygen atoms in total. The predicted octanol–water partition coefficient (Wildman–Crippen LogP) is 10.8. The zero-order chi connectivity index (χ0) is 46.2. The van der Waals surface area contributed by atoms with Gasteiger partial charge in [-0.3, -0.25) is 13.8 Å². The van der Waals surface area contributed by atoms with Crippen molar-refractivity contribution in [2.75, 3.05) is 19.8 Å². The van der Waals surface area contributed by atoms with Crippen LogP contribution in [0.25, 0.3) is 0 Å². The van der Waals surface area contributed by atoms with E-state index in [0.29, 0.717) is 13.0 Å². The number of ether oxygens (including phenoxy) is 2. The first-order chi connectivity index (χ1) is 30.5. The van der Waals surface area contributed by atoms with Gasteiger partial charge in [-0.05, 0) is 38.5 Å². The summed E-state index contributed by atoms with van der Waals surface area (Å²) >= 11 is 0. The summed E-state index contributed by atoms with van der Waals surface area (Å²) in [7, 11) is -5.04. The lowest BCUT2D eigenvalue weighted by molar-refractivity contribution is -0.220. The molecule has 0 radical (unpaired) electrons. The molecule has 6 atom stereocenters. The highest BCUT2D eigenvalue weighted by Crippen LogP contribution is 2.47. The van der Waals surface area contributed by atoms with E-state index in [1.807, 2.05) is 12.2 Å². The SMILES string of the molecule is CC/C=C\C/C=C\C/C=C\C/C=C\CCC(=O)OC(COCCCCCCCCCCCCCCCCCCCCCCCCC)COP(=O)(O)OC1C(O)C(O)C(O)C(O)C1O. The van der Waals surface area contributed by atoms with E-state index in [1.54, 1.807) is 0 Å². The third-order valence-electron chi connectivity index (χ3n) is 11.5. The molecular formula is C50H91O12P. The Bertz CT molecular complexity index is 1230. The molecule has 0 amide bonds. The van der Waals surface area contributed by atoms with Gasteiger partial charge in [0.15, 0.2) is 0 Å². The maximum Gasteiger partial charge on any atom is 0.472 e. The van der Waals surface area contributed by atoms with E-state index in [9.17, 15) is 39.8 Å². The molecule has 0 aliphatic heterocycles. The van der Waals surface area contributed by atoms with Crippen molar-refractivity contribution in [3.05, 3.63) is 48.6 Å². The average Bonchev–Trinajstić information content (AvgIpc) is 3.27. The largest absolute Gasteiger partial charge is 0.472 e. The van der Waals surface area contributed by atoms with Crippen LogP contribution in [0.5, 0.6) is 0 Å². The summed E-state index contributed by atoms with van der Waals surface area (Å²) in [6.07, 6.45) is 37.9. The highest BCUT2D eigenvalue weighted by Gasteiger charge is 2.51. The molecule has 0 saturated heterocycles. The number of unbranched alkanes of at least 4 members (excludes halogenated alkanes) is 22. The van der Waals surface area contributed by atoms with Crippen LogP contribution in [0.3, 0.4) is 0 Å². The second kappa shape index (κ2) is 40.6. The Hall–Kier alpha value is -1.70. The van der Waals surface area contributed by atoms with Gasteiger partial charge in [-0.15, -0.1) is 0 Å². The average molecular weight is 915 g/mol. The van der Waals surface area contributed by atoms with Crippen LogP contribution in [0.2, 0.25) is 0 Å². The molecule has 13 heteroatoms. The number of aliphatic hydroxyl groups excluding tert-OH is 5. The number of esters is 1. The fraction of sp³-hybridized carbons (Fsp3) is 0.820. The van der Waals surface area contributed by atoms with Crippen LogP contribution in [0.4, 0.5) is 0 Å². The Morgan fingerprint density at radius 3 is 1.33 bits per heavy atom. The lowest BCUT2D eigenvalue weighted by Gasteiger charge is -2.41. The van der Waals surface area contributed by atoms with Crippen molar-refractivity contribution in [2.24, 2.45) is 0 Å². The fourth-order valence-electron chi connectivity index (χ4n) is 7.55. The molecule has 63 heavy (non-hydrogen) atoms. The molecule has 0 aromatic rings. The Morgan fingerprint density at radius 1 is 0.524 bits per heavy atom. The van der Waals surface area contributed by atoms with Gasteiger partial charge in [0.1, 0.15) is 42.7 Å². The van der Waals surface area contributed by atoms with Gasteiger partial charge in [0.2, 0.25) is 0 Å². The summed E-state index contributed by atoms with van der Waals surface area (Å²) in [5.41, 5.74) is 0. The number of phosphoric ester groups is 1. The molecule has 0 aromatic heterocycles. The minimum Gasteiger partial charge on any atom is -0.457 e. The summed E-state index contributed by atoms with van der Waals surface area (Å²) < 4.78 is 34.1. The van der Waals surface area contributed by atoms with E-state index >= 15 is 0 Å². The van der Waals surface area contributed by atoms with Crippen molar-refractivity contribution in [3.63, 3.8) is 0 Å². The minimum absolute atomic E-state index is 0.0655. The number of carbonyl (C=O) groups excluding carboxylic acids is 1. The van der Waals surface area contributed by atoms with Crippen molar-refractivity contribution >= 4 is 13.8 Å². The van der Waals surface area contributed by atoms with E-state index < -0.39 is 63.1 Å². The van der Waals surface area contributed by atoms with Crippen LogP contribution in [0, 0.1) is 0 Å². The molecule has 6 unspecified atom stereocenters. The summed E-state index contributed by atoms with van der Waals surface area (Å²) in [5, 5.41) is 50.2. The Balaban J connectivity index is 2.32. The number of phosphoric acid groups is 1. The van der Waals surface area contributed by atoms with Crippen molar-refractivity contribution < 1.29 is 58.3 Å². The smallest absolute Gasteiger partial charge is 0.457 e. The number of aliphatic hydroxyl groups is 5. The molecule has 6 N–H and O–H groups in total. The number of rotatable bonds is 42. The lowest BCUT2D eigenvalue weighted by atomic mass is 9.85. The molecule has 0 heterocycles. The van der Waals surface area contributed by atoms with Crippen LogP contribution >= 0.6 is 7.82 Å². The topological polar surface area (TPSA) is 192 Å². The quantitative estimate of drug-likeness (QED) is 0.0147. The lowest BCUT2D eigenvalue weighted by Crippen LogP contribution is -2.64. The van der Waals surface area contributed by atoms with Gasteiger partial charge in [0, 0.05) is 13.0 Å². The zero-order valence-corrected chi connectivity index (χ0v) is 40.3.